The highest BCUT2D eigenvalue weighted by atomic mass is 35.5. The van der Waals surface area contributed by atoms with Crippen LogP contribution in [0.2, 0.25) is 5.02 Å². The van der Waals surface area contributed by atoms with Crippen LogP contribution in [-0.2, 0) is 0 Å². The van der Waals surface area contributed by atoms with Crippen LogP contribution in [-0.4, -0.2) is 11.8 Å². The van der Waals surface area contributed by atoms with Crippen molar-refractivity contribution in [3.8, 4) is 17.2 Å². The maximum atomic E-state index is 5.79. The van der Waals surface area contributed by atoms with E-state index in [-0.39, 0.29) is 0 Å². The molecule has 3 nitrogen and oxygen atoms in total. The van der Waals surface area contributed by atoms with Crippen molar-refractivity contribution in [1.29, 1.82) is 0 Å². The van der Waals surface area contributed by atoms with Crippen molar-refractivity contribution in [2.75, 3.05) is 6.61 Å². The molecule has 0 radical (unpaired) electrons. The minimum Gasteiger partial charge on any atom is -0.464 e. The van der Waals surface area contributed by atoms with Gasteiger partial charge in [-0.25, -0.2) is 0 Å². The van der Waals surface area contributed by atoms with Crippen molar-refractivity contribution in [3.63, 3.8) is 0 Å². The van der Waals surface area contributed by atoms with Gasteiger partial charge in [-0.3, -0.25) is 0 Å². The summed E-state index contributed by atoms with van der Waals surface area (Å²) in [5, 5.41) is 4.59. The highest BCUT2D eigenvalue weighted by Crippen LogP contribution is 2.24. The third-order valence-corrected chi connectivity index (χ3v) is 2.17. The molecule has 78 valence electrons. The van der Waals surface area contributed by atoms with Crippen LogP contribution in [0.3, 0.4) is 0 Å². The lowest BCUT2D eigenvalue weighted by Crippen LogP contribution is -1.87. The number of halogens is 1. The number of hydrogen-bond donors (Lipinski definition) is 0. The molecule has 0 aliphatic carbocycles. The molecule has 2 aromatic rings. The van der Waals surface area contributed by atoms with E-state index in [4.69, 9.17) is 20.9 Å². The molecular formula is C11H10ClNO2. The molecule has 0 aliphatic rings. The zero-order valence-electron chi connectivity index (χ0n) is 8.24. The summed E-state index contributed by atoms with van der Waals surface area (Å²) >= 11 is 5.79. The lowest BCUT2D eigenvalue weighted by atomic mass is 10.2. The Kier molecular flexibility index (Phi) is 2.92. The van der Waals surface area contributed by atoms with Crippen molar-refractivity contribution < 1.29 is 9.26 Å². The quantitative estimate of drug-likeness (QED) is 0.800. The Hall–Kier alpha value is -1.48. The van der Waals surface area contributed by atoms with Crippen LogP contribution in [0.1, 0.15) is 6.92 Å². The lowest BCUT2D eigenvalue weighted by molar-refractivity contribution is 0.226. The number of nitrogens with zero attached hydrogens (tertiary/aromatic N) is 1. The molecule has 15 heavy (non-hydrogen) atoms. The molecule has 2 rings (SSSR count). The third-order valence-electron chi connectivity index (χ3n) is 1.92. The van der Waals surface area contributed by atoms with Crippen LogP contribution < -0.4 is 4.74 Å². The molecule has 0 aliphatic heterocycles. The third kappa shape index (κ3) is 2.30. The van der Waals surface area contributed by atoms with Crippen molar-refractivity contribution in [1.82, 2.24) is 5.16 Å². The van der Waals surface area contributed by atoms with E-state index in [9.17, 15) is 0 Å². The maximum absolute atomic E-state index is 5.79. The Morgan fingerprint density at radius 3 is 2.73 bits per heavy atom. The summed E-state index contributed by atoms with van der Waals surface area (Å²) in [6.07, 6.45) is 0. The predicted octanol–water partition coefficient (Wildman–Crippen LogP) is 3.39. The first kappa shape index (κ1) is 10.1. The van der Waals surface area contributed by atoms with Crippen molar-refractivity contribution in [3.05, 3.63) is 35.4 Å². The van der Waals surface area contributed by atoms with Gasteiger partial charge in [0.05, 0.1) is 12.7 Å². The van der Waals surface area contributed by atoms with E-state index in [2.05, 4.69) is 5.16 Å². The summed E-state index contributed by atoms with van der Waals surface area (Å²) in [6.45, 7) is 2.46. The lowest BCUT2D eigenvalue weighted by Gasteiger charge is -1.94. The van der Waals surface area contributed by atoms with E-state index in [1.165, 1.54) is 0 Å². The summed E-state index contributed by atoms with van der Waals surface area (Å²) in [5.74, 6) is 0.433. The van der Waals surface area contributed by atoms with Crippen LogP contribution in [0, 0.1) is 0 Å². The second-order valence-electron chi connectivity index (χ2n) is 2.97. The Labute approximate surface area is 92.6 Å². The first-order valence-electron chi connectivity index (χ1n) is 4.65. The molecule has 0 unspecified atom stereocenters. The first-order valence-corrected chi connectivity index (χ1v) is 5.03. The second kappa shape index (κ2) is 4.36. The molecule has 0 spiro atoms. The fourth-order valence-corrected chi connectivity index (χ4v) is 1.35. The van der Waals surface area contributed by atoms with Crippen LogP contribution in [0.5, 0.6) is 5.95 Å². The fraction of sp³-hybridized carbons (Fsp3) is 0.182. The summed E-state index contributed by atoms with van der Waals surface area (Å²) < 4.78 is 10.2. The molecule has 0 atom stereocenters. The SMILES string of the molecule is CCOc1cc(-c2ccc(Cl)cc2)no1. The maximum Gasteiger partial charge on any atom is 0.311 e. The number of ether oxygens (including phenoxy) is 1. The van der Waals surface area contributed by atoms with Crippen LogP contribution >= 0.6 is 11.6 Å². The normalized spacial score (nSPS) is 10.3. The molecule has 0 bridgehead atoms. The Morgan fingerprint density at radius 2 is 2.07 bits per heavy atom. The Morgan fingerprint density at radius 1 is 1.33 bits per heavy atom. The van der Waals surface area contributed by atoms with Gasteiger partial charge < -0.3 is 9.26 Å². The van der Waals surface area contributed by atoms with Gasteiger partial charge in [0.25, 0.3) is 0 Å². The summed E-state index contributed by atoms with van der Waals surface area (Å²) in [4.78, 5) is 0. The van der Waals surface area contributed by atoms with Gasteiger partial charge in [-0.1, -0.05) is 28.9 Å². The minimum absolute atomic E-state index is 0.433. The molecule has 4 heteroatoms. The van der Waals surface area contributed by atoms with Gasteiger partial charge in [0.1, 0.15) is 5.69 Å². The van der Waals surface area contributed by atoms with Crippen LogP contribution in [0.25, 0.3) is 11.3 Å². The largest absolute Gasteiger partial charge is 0.464 e. The van der Waals surface area contributed by atoms with E-state index >= 15 is 0 Å². The van der Waals surface area contributed by atoms with Crippen LogP contribution in [0.15, 0.2) is 34.9 Å². The average molecular weight is 224 g/mol. The minimum atomic E-state index is 0.433. The molecular weight excluding hydrogens is 214 g/mol. The smallest absolute Gasteiger partial charge is 0.311 e. The number of aromatic nitrogens is 1. The van der Waals surface area contributed by atoms with Gasteiger partial charge in [0.15, 0.2) is 0 Å². The van der Waals surface area contributed by atoms with Crippen molar-refractivity contribution in [2.24, 2.45) is 0 Å². The number of rotatable bonds is 3. The molecule has 1 heterocycles. The fourth-order valence-electron chi connectivity index (χ4n) is 1.23. The summed E-state index contributed by atoms with van der Waals surface area (Å²) in [6, 6.07) is 9.15. The predicted molar refractivity (Wildman–Crippen MR) is 58.1 cm³/mol. The topological polar surface area (TPSA) is 35.3 Å². The zero-order chi connectivity index (χ0) is 10.7. The van der Waals surface area contributed by atoms with E-state index in [0.29, 0.717) is 17.6 Å². The van der Waals surface area contributed by atoms with Gasteiger partial charge in [0.2, 0.25) is 0 Å². The molecule has 0 saturated heterocycles. The molecule has 0 saturated carbocycles. The Bertz CT molecular complexity index is 436. The van der Waals surface area contributed by atoms with Gasteiger partial charge in [-0.15, -0.1) is 0 Å². The van der Waals surface area contributed by atoms with Crippen molar-refractivity contribution in [2.45, 2.75) is 6.92 Å². The van der Waals surface area contributed by atoms with Gasteiger partial charge >= 0.3 is 5.95 Å². The van der Waals surface area contributed by atoms with Crippen molar-refractivity contribution >= 4 is 11.6 Å². The molecule has 1 aromatic carbocycles. The summed E-state index contributed by atoms with van der Waals surface area (Å²) in [5.41, 5.74) is 1.70. The number of hydrogen-bond acceptors (Lipinski definition) is 3. The van der Waals surface area contributed by atoms with Crippen LogP contribution in [0.4, 0.5) is 0 Å². The average Bonchev–Trinajstić information content (AvgIpc) is 2.68. The molecule has 0 N–H and O–H groups in total. The highest BCUT2D eigenvalue weighted by Gasteiger charge is 2.06. The van der Waals surface area contributed by atoms with Gasteiger partial charge in [-0.05, 0) is 19.1 Å². The van der Waals surface area contributed by atoms with E-state index < -0.39 is 0 Å². The first-order chi connectivity index (χ1) is 7.29. The molecule has 1 aromatic heterocycles. The second-order valence-corrected chi connectivity index (χ2v) is 3.41. The number of benzene rings is 1. The van der Waals surface area contributed by atoms with E-state index in [0.717, 1.165) is 11.3 Å². The Balaban J connectivity index is 2.25. The van der Waals surface area contributed by atoms with E-state index in [1.807, 2.05) is 31.2 Å². The highest BCUT2D eigenvalue weighted by molar-refractivity contribution is 6.30. The summed E-state index contributed by atoms with van der Waals surface area (Å²) in [7, 11) is 0. The molecule has 0 amide bonds. The zero-order valence-corrected chi connectivity index (χ0v) is 8.99. The van der Waals surface area contributed by atoms with Gasteiger partial charge in [-0.2, -0.15) is 0 Å². The monoisotopic (exact) mass is 223 g/mol. The van der Waals surface area contributed by atoms with Gasteiger partial charge in [0, 0.05) is 10.6 Å². The molecule has 0 fully saturated rings. The standard InChI is InChI=1S/C11H10ClNO2/c1-2-14-11-7-10(13-15-11)8-3-5-9(12)6-4-8/h3-7H,2H2,1H3. The van der Waals surface area contributed by atoms with E-state index in [1.54, 1.807) is 6.07 Å².